The first-order valence-electron chi connectivity index (χ1n) is 5.85. The fraction of sp³-hybridized carbons (Fsp3) is 0.538. The van der Waals surface area contributed by atoms with Crippen LogP contribution in [-0.4, -0.2) is 31.5 Å². The molecule has 0 heterocycles. The smallest absolute Gasteiger partial charge is 0.161 e. The molecule has 0 aromatic heterocycles. The highest BCUT2D eigenvalue weighted by Crippen LogP contribution is 2.27. The number of hydrogen-bond acceptors (Lipinski definition) is 4. The lowest BCUT2D eigenvalue weighted by atomic mass is 10.2. The van der Waals surface area contributed by atoms with E-state index in [4.69, 9.17) is 14.6 Å². The Hall–Kier alpha value is -1.26. The number of ether oxygens (including phenoxy) is 2. The van der Waals surface area contributed by atoms with Crippen LogP contribution in [0.2, 0.25) is 0 Å². The van der Waals surface area contributed by atoms with Gasteiger partial charge in [0.1, 0.15) is 0 Å². The van der Waals surface area contributed by atoms with Crippen molar-refractivity contribution in [3.8, 4) is 11.5 Å². The van der Waals surface area contributed by atoms with E-state index in [0.29, 0.717) is 13.2 Å². The fourth-order valence-corrected chi connectivity index (χ4v) is 1.46. The van der Waals surface area contributed by atoms with Crippen LogP contribution in [0.4, 0.5) is 0 Å². The molecule has 0 spiro atoms. The van der Waals surface area contributed by atoms with E-state index >= 15 is 0 Å². The van der Waals surface area contributed by atoms with Crippen LogP contribution in [0.15, 0.2) is 18.2 Å². The summed E-state index contributed by atoms with van der Waals surface area (Å²) in [5.41, 5.74) is 1.11. The zero-order chi connectivity index (χ0) is 12.7. The topological polar surface area (TPSA) is 50.7 Å². The van der Waals surface area contributed by atoms with Gasteiger partial charge in [0.05, 0.1) is 20.3 Å². The third-order valence-corrected chi connectivity index (χ3v) is 2.46. The molecular formula is C13H21NO3. The van der Waals surface area contributed by atoms with E-state index in [2.05, 4.69) is 5.32 Å². The van der Waals surface area contributed by atoms with E-state index < -0.39 is 0 Å². The molecule has 4 heteroatoms. The minimum atomic E-state index is 0.0904. The van der Waals surface area contributed by atoms with Crippen molar-refractivity contribution in [1.29, 1.82) is 0 Å². The van der Waals surface area contributed by atoms with Crippen molar-refractivity contribution in [2.75, 3.05) is 20.3 Å². The number of rotatable bonds is 7. The number of aliphatic hydroxyl groups excluding tert-OH is 1. The van der Waals surface area contributed by atoms with Crippen LogP contribution in [0, 0.1) is 0 Å². The van der Waals surface area contributed by atoms with Crippen molar-refractivity contribution in [3.05, 3.63) is 23.8 Å². The Morgan fingerprint density at radius 3 is 2.71 bits per heavy atom. The number of methoxy groups -OCH3 is 1. The van der Waals surface area contributed by atoms with E-state index in [1.165, 1.54) is 0 Å². The van der Waals surface area contributed by atoms with Gasteiger partial charge in [0.2, 0.25) is 0 Å². The van der Waals surface area contributed by atoms with Gasteiger partial charge in [0.15, 0.2) is 11.5 Å². The van der Waals surface area contributed by atoms with E-state index in [1.54, 1.807) is 7.11 Å². The molecule has 0 aliphatic heterocycles. The Kier molecular flexibility index (Phi) is 5.80. The van der Waals surface area contributed by atoms with Gasteiger partial charge in [-0.25, -0.2) is 0 Å². The summed E-state index contributed by atoms with van der Waals surface area (Å²) in [7, 11) is 1.63. The van der Waals surface area contributed by atoms with Crippen molar-refractivity contribution in [2.24, 2.45) is 0 Å². The predicted molar refractivity (Wildman–Crippen MR) is 67.6 cm³/mol. The van der Waals surface area contributed by atoms with Crippen LogP contribution in [0.25, 0.3) is 0 Å². The average molecular weight is 239 g/mol. The molecule has 0 aliphatic carbocycles. The largest absolute Gasteiger partial charge is 0.493 e. The van der Waals surface area contributed by atoms with Crippen molar-refractivity contribution < 1.29 is 14.6 Å². The van der Waals surface area contributed by atoms with Crippen LogP contribution in [0.5, 0.6) is 11.5 Å². The number of nitrogens with one attached hydrogen (secondary N) is 1. The lowest BCUT2D eigenvalue weighted by Gasteiger charge is -2.13. The van der Waals surface area contributed by atoms with Gasteiger partial charge in [-0.3, -0.25) is 0 Å². The third kappa shape index (κ3) is 4.24. The van der Waals surface area contributed by atoms with Gasteiger partial charge in [-0.05, 0) is 31.5 Å². The molecule has 2 N–H and O–H groups in total. The molecule has 1 aromatic rings. The molecule has 1 aromatic carbocycles. The van der Waals surface area contributed by atoms with Gasteiger partial charge in [-0.1, -0.05) is 6.07 Å². The summed E-state index contributed by atoms with van der Waals surface area (Å²) in [4.78, 5) is 0. The minimum Gasteiger partial charge on any atom is -0.493 e. The summed E-state index contributed by atoms with van der Waals surface area (Å²) in [6.07, 6.45) is 0. The van der Waals surface area contributed by atoms with Gasteiger partial charge < -0.3 is 19.9 Å². The first-order valence-corrected chi connectivity index (χ1v) is 5.85. The third-order valence-electron chi connectivity index (χ3n) is 2.46. The second-order valence-corrected chi connectivity index (χ2v) is 3.88. The molecule has 1 unspecified atom stereocenters. The van der Waals surface area contributed by atoms with E-state index in [0.717, 1.165) is 17.1 Å². The second-order valence-electron chi connectivity index (χ2n) is 3.88. The van der Waals surface area contributed by atoms with Gasteiger partial charge in [-0.2, -0.15) is 0 Å². The van der Waals surface area contributed by atoms with Crippen molar-refractivity contribution in [1.82, 2.24) is 5.32 Å². The molecule has 0 aliphatic rings. The SMILES string of the molecule is CCOc1cc(CNC(C)CO)ccc1OC. The molecule has 0 amide bonds. The fourth-order valence-electron chi connectivity index (χ4n) is 1.46. The number of hydrogen-bond donors (Lipinski definition) is 2. The number of benzene rings is 1. The van der Waals surface area contributed by atoms with E-state index in [1.807, 2.05) is 32.0 Å². The maximum absolute atomic E-state index is 8.93. The first-order chi connectivity index (χ1) is 8.21. The van der Waals surface area contributed by atoms with E-state index in [-0.39, 0.29) is 12.6 Å². The minimum absolute atomic E-state index is 0.0904. The van der Waals surface area contributed by atoms with Crippen LogP contribution in [0.1, 0.15) is 19.4 Å². The van der Waals surface area contributed by atoms with Crippen molar-refractivity contribution in [3.63, 3.8) is 0 Å². The van der Waals surface area contributed by atoms with Crippen LogP contribution in [-0.2, 0) is 6.54 Å². The lowest BCUT2D eigenvalue weighted by molar-refractivity contribution is 0.251. The maximum Gasteiger partial charge on any atom is 0.161 e. The second kappa shape index (κ2) is 7.14. The molecular weight excluding hydrogens is 218 g/mol. The Morgan fingerprint density at radius 1 is 1.35 bits per heavy atom. The molecule has 0 saturated heterocycles. The van der Waals surface area contributed by atoms with E-state index in [9.17, 15) is 0 Å². The standard InChI is InChI=1S/C13H21NO3/c1-4-17-13-7-11(5-6-12(13)16-3)8-14-10(2)9-15/h5-7,10,14-15H,4,8-9H2,1-3H3. The number of aliphatic hydroxyl groups is 1. The summed E-state index contributed by atoms with van der Waals surface area (Å²) in [6.45, 7) is 5.33. The summed E-state index contributed by atoms with van der Waals surface area (Å²) in [6, 6.07) is 5.93. The summed E-state index contributed by atoms with van der Waals surface area (Å²) >= 11 is 0. The first kappa shape index (κ1) is 13.8. The Morgan fingerprint density at radius 2 is 2.12 bits per heavy atom. The van der Waals surface area contributed by atoms with Crippen molar-refractivity contribution in [2.45, 2.75) is 26.4 Å². The predicted octanol–water partition coefficient (Wildman–Crippen LogP) is 1.56. The maximum atomic E-state index is 8.93. The molecule has 4 nitrogen and oxygen atoms in total. The Balaban J connectivity index is 2.70. The van der Waals surface area contributed by atoms with Crippen LogP contribution in [0.3, 0.4) is 0 Å². The summed E-state index contributed by atoms with van der Waals surface area (Å²) in [5.74, 6) is 1.50. The molecule has 0 saturated carbocycles. The molecule has 1 atom stereocenters. The molecule has 0 radical (unpaired) electrons. The van der Waals surface area contributed by atoms with Crippen LogP contribution < -0.4 is 14.8 Å². The highest BCUT2D eigenvalue weighted by atomic mass is 16.5. The zero-order valence-electron chi connectivity index (χ0n) is 10.7. The molecule has 0 fully saturated rings. The lowest BCUT2D eigenvalue weighted by Crippen LogP contribution is -2.28. The molecule has 96 valence electrons. The normalized spacial score (nSPS) is 12.2. The highest BCUT2D eigenvalue weighted by Gasteiger charge is 2.06. The zero-order valence-corrected chi connectivity index (χ0v) is 10.7. The van der Waals surface area contributed by atoms with Gasteiger partial charge in [-0.15, -0.1) is 0 Å². The Labute approximate surface area is 103 Å². The summed E-state index contributed by atoms with van der Waals surface area (Å²) in [5, 5.41) is 12.1. The van der Waals surface area contributed by atoms with Gasteiger partial charge >= 0.3 is 0 Å². The highest BCUT2D eigenvalue weighted by molar-refractivity contribution is 5.42. The van der Waals surface area contributed by atoms with Gasteiger partial charge in [0, 0.05) is 12.6 Å². The molecule has 1 rings (SSSR count). The summed E-state index contributed by atoms with van der Waals surface area (Å²) < 4.78 is 10.7. The average Bonchev–Trinajstić information content (AvgIpc) is 2.36. The Bertz CT molecular complexity index is 341. The van der Waals surface area contributed by atoms with Crippen molar-refractivity contribution >= 4 is 0 Å². The van der Waals surface area contributed by atoms with Crippen LogP contribution >= 0.6 is 0 Å². The quantitative estimate of drug-likeness (QED) is 0.758. The molecule has 17 heavy (non-hydrogen) atoms. The monoisotopic (exact) mass is 239 g/mol. The van der Waals surface area contributed by atoms with Gasteiger partial charge in [0.25, 0.3) is 0 Å². The molecule has 0 bridgehead atoms.